The number of amides is 2. The van der Waals surface area contributed by atoms with Gasteiger partial charge in [0, 0.05) is 49.1 Å². The Bertz CT molecular complexity index is 1110. The quantitative estimate of drug-likeness (QED) is 0.610. The van der Waals surface area contributed by atoms with E-state index in [0.717, 1.165) is 26.2 Å². The summed E-state index contributed by atoms with van der Waals surface area (Å²) in [6, 6.07) is 12.7. The van der Waals surface area contributed by atoms with Crippen molar-refractivity contribution in [3.05, 3.63) is 75.4 Å². The van der Waals surface area contributed by atoms with Gasteiger partial charge in [-0.05, 0) is 49.6 Å². The van der Waals surface area contributed by atoms with Crippen LogP contribution in [0.25, 0.3) is 0 Å². The van der Waals surface area contributed by atoms with Gasteiger partial charge in [0.25, 0.3) is 0 Å². The Morgan fingerprint density at radius 2 is 1.85 bits per heavy atom. The maximum atomic E-state index is 13.0. The van der Waals surface area contributed by atoms with Gasteiger partial charge in [-0.2, -0.15) is 0 Å². The molecule has 1 unspecified atom stereocenters. The number of hydrogen-bond donors (Lipinski definition) is 2. The predicted octanol–water partition coefficient (Wildman–Crippen LogP) is 3.95. The Kier molecular flexibility index (Phi) is 7.44. The minimum atomic E-state index is -0.673. The number of ether oxygens (including phenoxy) is 1. The van der Waals surface area contributed by atoms with Crippen LogP contribution >= 0.6 is 11.6 Å². The van der Waals surface area contributed by atoms with Crippen LogP contribution in [-0.2, 0) is 9.53 Å². The third-order valence-electron chi connectivity index (χ3n) is 6.32. The number of rotatable bonds is 6. The molecule has 2 heterocycles. The number of anilines is 1. The molecular formula is C26H31ClN4O3. The van der Waals surface area contributed by atoms with Gasteiger partial charge in [0.2, 0.25) is 0 Å². The molecule has 0 aromatic heterocycles. The van der Waals surface area contributed by atoms with E-state index in [1.807, 2.05) is 18.2 Å². The minimum Gasteiger partial charge on any atom is -0.463 e. The van der Waals surface area contributed by atoms with Crippen molar-refractivity contribution in [2.45, 2.75) is 26.8 Å². The summed E-state index contributed by atoms with van der Waals surface area (Å²) in [4.78, 5) is 30.2. The van der Waals surface area contributed by atoms with E-state index in [9.17, 15) is 9.59 Å². The van der Waals surface area contributed by atoms with Crippen molar-refractivity contribution in [1.82, 2.24) is 15.5 Å². The topological polar surface area (TPSA) is 73.9 Å². The summed E-state index contributed by atoms with van der Waals surface area (Å²) in [6.45, 7) is 10.1. The summed E-state index contributed by atoms with van der Waals surface area (Å²) >= 11 is 6.43. The van der Waals surface area contributed by atoms with Crippen molar-refractivity contribution in [1.29, 1.82) is 0 Å². The summed E-state index contributed by atoms with van der Waals surface area (Å²) < 4.78 is 5.37. The fourth-order valence-electron chi connectivity index (χ4n) is 4.57. The van der Waals surface area contributed by atoms with E-state index in [1.165, 1.54) is 16.8 Å². The first-order valence-corrected chi connectivity index (χ1v) is 12.0. The zero-order valence-electron chi connectivity index (χ0n) is 19.9. The van der Waals surface area contributed by atoms with Gasteiger partial charge in [-0.15, -0.1) is 0 Å². The number of urea groups is 1. The van der Waals surface area contributed by atoms with Crippen LogP contribution in [0.4, 0.5) is 10.5 Å². The van der Waals surface area contributed by atoms with Gasteiger partial charge in [0.05, 0.1) is 18.2 Å². The molecule has 2 N–H and O–H groups in total. The number of benzene rings is 2. The van der Waals surface area contributed by atoms with Crippen molar-refractivity contribution < 1.29 is 14.3 Å². The average molecular weight is 483 g/mol. The average Bonchev–Trinajstić information content (AvgIpc) is 2.81. The molecule has 0 radical (unpaired) electrons. The van der Waals surface area contributed by atoms with Crippen LogP contribution in [0.15, 0.2) is 53.7 Å². The number of halogens is 1. The lowest BCUT2D eigenvalue weighted by molar-refractivity contribution is -0.139. The third-order valence-corrected chi connectivity index (χ3v) is 6.67. The molecule has 4 rings (SSSR count). The molecule has 2 aromatic carbocycles. The van der Waals surface area contributed by atoms with Crippen molar-refractivity contribution in [3.63, 3.8) is 0 Å². The molecule has 34 heavy (non-hydrogen) atoms. The molecule has 1 atom stereocenters. The molecule has 8 heteroatoms. The lowest BCUT2D eigenvalue weighted by Crippen LogP contribution is -2.52. The van der Waals surface area contributed by atoms with Crippen LogP contribution in [0, 0.1) is 13.8 Å². The number of nitrogens with one attached hydrogen (secondary N) is 2. The molecule has 2 aliphatic rings. The molecule has 2 aromatic rings. The Morgan fingerprint density at radius 3 is 2.56 bits per heavy atom. The first-order chi connectivity index (χ1) is 16.4. The smallest absolute Gasteiger partial charge is 0.338 e. The highest BCUT2D eigenvalue weighted by molar-refractivity contribution is 6.31. The van der Waals surface area contributed by atoms with E-state index in [2.05, 4.69) is 52.5 Å². The number of piperazine rings is 1. The molecule has 0 spiro atoms. The first kappa shape index (κ1) is 24.1. The van der Waals surface area contributed by atoms with E-state index in [0.29, 0.717) is 28.4 Å². The van der Waals surface area contributed by atoms with Gasteiger partial charge in [-0.3, -0.25) is 4.90 Å². The Hall–Kier alpha value is -3.03. The highest BCUT2D eigenvalue weighted by Gasteiger charge is 2.35. The first-order valence-electron chi connectivity index (χ1n) is 11.6. The second-order valence-electron chi connectivity index (χ2n) is 8.72. The second-order valence-corrected chi connectivity index (χ2v) is 9.13. The van der Waals surface area contributed by atoms with E-state index in [1.54, 1.807) is 13.0 Å². The molecule has 2 amide bonds. The number of carbonyl (C=O) groups excluding carboxylic acids is 2. The molecule has 0 saturated carbocycles. The molecule has 180 valence electrons. The number of carbonyl (C=O) groups is 2. The summed E-state index contributed by atoms with van der Waals surface area (Å²) in [6.07, 6.45) is 0. The van der Waals surface area contributed by atoms with E-state index >= 15 is 0 Å². The fourth-order valence-corrected chi connectivity index (χ4v) is 4.81. The zero-order chi connectivity index (χ0) is 24.2. The van der Waals surface area contributed by atoms with Crippen LogP contribution in [0.5, 0.6) is 0 Å². The largest absolute Gasteiger partial charge is 0.463 e. The van der Waals surface area contributed by atoms with Crippen molar-refractivity contribution in [2.24, 2.45) is 0 Å². The summed E-state index contributed by atoms with van der Waals surface area (Å²) in [7, 11) is 0. The lowest BCUT2D eigenvalue weighted by Gasteiger charge is -2.38. The number of nitrogens with zero attached hydrogens (tertiary/aromatic N) is 2. The van der Waals surface area contributed by atoms with Gasteiger partial charge >= 0.3 is 12.0 Å². The van der Waals surface area contributed by atoms with Gasteiger partial charge in [-0.25, -0.2) is 9.59 Å². The Labute approximate surface area is 205 Å². The van der Waals surface area contributed by atoms with E-state index in [-0.39, 0.29) is 12.6 Å². The minimum absolute atomic E-state index is 0.243. The number of hydrogen-bond acceptors (Lipinski definition) is 5. The van der Waals surface area contributed by atoms with Crippen LogP contribution in [0.2, 0.25) is 5.02 Å². The SMILES string of the molecule is CCOC(=O)C1=C(CN2CCN(c3cc(C)ccc3C)CC2)NC(=O)NC1c1ccccc1Cl. The molecular weight excluding hydrogens is 452 g/mol. The summed E-state index contributed by atoms with van der Waals surface area (Å²) in [5.41, 5.74) is 5.40. The third kappa shape index (κ3) is 5.21. The van der Waals surface area contributed by atoms with Crippen LogP contribution in [0.3, 0.4) is 0 Å². The van der Waals surface area contributed by atoms with Crippen LogP contribution in [-0.4, -0.2) is 56.2 Å². The maximum absolute atomic E-state index is 13.0. The van der Waals surface area contributed by atoms with Gasteiger partial charge in [0.15, 0.2) is 0 Å². The Balaban J connectivity index is 1.57. The highest BCUT2D eigenvalue weighted by atomic mass is 35.5. The maximum Gasteiger partial charge on any atom is 0.338 e. The molecule has 7 nitrogen and oxygen atoms in total. The molecule has 0 aliphatic carbocycles. The zero-order valence-corrected chi connectivity index (χ0v) is 20.6. The Morgan fingerprint density at radius 1 is 1.12 bits per heavy atom. The van der Waals surface area contributed by atoms with Crippen LogP contribution < -0.4 is 15.5 Å². The molecule has 1 saturated heterocycles. The standard InChI is InChI=1S/C26H31ClN4O3/c1-4-34-25(32)23-21(28-26(33)29-24(23)19-7-5-6-8-20(19)27)16-30-11-13-31(14-12-30)22-15-17(2)9-10-18(22)3/h5-10,15,24H,4,11-14,16H2,1-3H3,(H2,28,29,33). The predicted molar refractivity (Wildman–Crippen MR) is 134 cm³/mol. The normalized spacial score (nSPS) is 19.0. The number of esters is 1. The van der Waals surface area contributed by atoms with Gasteiger partial charge < -0.3 is 20.3 Å². The summed E-state index contributed by atoms with van der Waals surface area (Å²) in [5, 5.41) is 6.20. The second kappa shape index (κ2) is 10.5. The number of aryl methyl sites for hydroxylation is 2. The van der Waals surface area contributed by atoms with Crippen molar-refractivity contribution >= 4 is 29.3 Å². The van der Waals surface area contributed by atoms with E-state index < -0.39 is 12.0 Å². The molecule has 2 aliphatic heterocycles. The molecule has 0 bridgehead atoms. The summed E-state index contributed by atoms with van der Waals surface area (Å²) in [5.74, 6) is -0.455. The van der Waals surface area contributed by atoms with Gasteiger partial charge in [-0.1, -0.05) is 41.9 Å². The monoisotopic (exact) mass is 482 g/mol. The lowest BCUT2D eigenvalue weighted by atomic mass is 9.94. The van der Waals surface area contributed by atoms with E-state index in [4.69, 9.17) is 16.3 Å². The fraction of sp³-hybridized carbons (Fsp3) is 0.385. The van der Waals surface area contributed by atoms with Gasteiger partial charge in [0.1, 0.15) is 0 Å². The highest BCUT2D eigenvalue weighted by Crippen LogP contribution is 2.32. The van der Waals surface area contributed by atoms with Crippen molar-refractivity contribution in [2.75, 3.05) is 44.2 Å². The van der Waals surface area contributed by atoms with Crippen molar-refractivity contribution in [3.8, 4) is 0 Å². The van der Waals surface area contributed by atoms with Crippen LogP contribution in [0.1, 0.15) is 29.7 Å². The molecule has 1 fully saturated rings.